The van der Waals surface area contributed by atoms with Crippen molar-refractivity contribution in [3.8, 4) is 0 Å². The van der Waals surface area contributed by atoms with Gasteiger partial charge in [0, 0.05) is 37.0 Å². The summed E-state index contributed by atoms with van der Waals surface area (Å²) >= 11 is 0. The highest BCUT2D eigenvalue weighted by Crippen LogP contribution is 2.51. The van der Waals surface area contributed by atoms with Gasteiger partial charge in [0.1, 0.15) is 11.3 Å². The molecule has 5 atom stereocenters. The molecule has 0 amide bonds. The molecule has 0 saturated carbocycles. The first-order valence-corrected chi connectivity index (χ1v) is 8.88. The second-order valence-electron chi connectivity index (χ2n) is 7.73. The quantitative estimate of drug-likeness (QED) is 0.799. The summed E-state index contributed by atoms with van der Waals surface area (Å²) in [4.78, 5) is 20.1. The Kier molecular flexibility index (Phi) is 2.92. The summed E-state index contributed by atoms with van der Waals surface area (Å²) in [6.45, 7) is 4.68. The fraction of sp³-hybridized carbons (Fsp3) is 0.579. The summed E-state index contributed by atoms with van der Waals surface area (Å²) in [5.74, 6) is -0.0199. The lowest BCUT2D eigenvalue weighted by molar-refractivity contribution is -0.116. The number of ether oxygens (including phenoxy) is 1. The molecule has 5 heteroatoms. The Balaban J connectivity index is 1.60. The van der Waals surface area contributed by atoms with Crippen molar-refractivity contribution in [1.82, 2.24) is 4.90 Å². The van der Waals surface area contributed by atoms with E-state index in [1.165, 1.54) is 0 Å². The predicted octanol–water partition coefficient (Wildman–Crippen LogP) is 1.80. The molecule has 3 fully saturated rings. The molecule has 1 aromatic carbocycles. The highest BCUT2D eigenvalue weighted by atomic mass is 16.6. The van der Waals surface area contributed by atoms with Gasteiger partial charge in [0.25, 0.3) is 0 Å². The number of hydrogen-bond donors (Lipinski definition) is 1. The van der Waals surface area contributed by atoms with Crippen LogP contribution in [0.4, 0.5) is 5.69 Å². The van der Waals surface area contributed by atoms with Crippen molar-refractivity contribution in [3.63, 3.8) is 0 Å². The topological polar surface area (TPSA) is 65.4 Å². The monoisotopic (exact) mass is 326 g/mol. The Morgan fingerprint density at radius 3 is 3.08 bits per heavy atom. The molecule has 2 bridgehead atoms. The minimum Gasteiger partial charge on any atom is -0.378 e. The number of piperidine rings is 1. The van der Waals surface area contributed by atoms with Crippen LogP contribution >= 0.6 is 0 Å². The Morgan fingerprint density at radius 1 is 1.42 bits per heavy atom. The van der Waals surface area contributed by atoms with Crippen LogP contribution in [0.15, 0.2) is 29.3 Å². The van der Waals surface area contributed by atoms with Crippen LogP contribution in [0, 0.1) is 5.41 Å². The third-order valence-corrected chi connectivity index (χ3v) is 6.41. The number of carbonyl (C=O) groups excluding carboxylic acids is 1. The lowest BCUT2D eigenvalue weighted by Gasteiger charge is -2.39. The van der Waals surface area contributed by atoms with E-state index >= 15 is 0 Å². The van der Waals surface area contributed by atoms with E-state index in [9.17, 15) is 9.90 Å². The Hall–Kier alpha value is -1.56. The minimum absolute atomic E-state index is 0.0199. The van der Waals surface area contributed by atoms with Crippen molar-refractivity contribution < 1.29 is 14.6 Å². The van der Waals surface area contributed by atoms with E-state index in [2.05, 4.69) is 16.8 Å². The minimum atomic E-state index is -1.24. The van der Waals surface area contributed by atoms with Gasteiger partial charge in [-0.05, 0) is 18.9 Å². The number of Topliss-reactive ketones (excluding diaryl/α,β-unsaturated/α-hetero) is 1. The van der Waals surface area contributed by atoms with E-state index in [1.807, 2.05) is 24.3 Å². The number of carbonyl (C=O) groups is 1. The first kappa shape index (κ1) is 14.8. The Bertz CT molecular complexity index is 761. The second kappa shape index (κ2) is 4.75. The normalized spacial score (nSPS) is 42.8. The van der Waals surface area contributed by atoms with Crippen LogP contribution in [0.3, 0.4) is 0 Å². The molecule has 5 nitrogen and oxygen atoms in total. The molecule has 3 saturated heterocycles. The fourth-order valence-electron chi connectivity index (χ4n) is 4.97. The van der Waals surface area contributed by atoms with E-state index in [0.29, 0.717) is 18.6 Å². The van der Waals surface area contributed by atoms with Crippen LogP contribution in [-0.4, -0.2) is 53.3 Å². The van der Waals surface area contributed by atoms with Crippen LogP contribution in [0.25, 0.3) is 0 Å². The number of para-hydroxylation sites is 1. The number of fused-ring (bicyclic) bond motifs is 7. The van der Waals surface area contributed by atoms with E-state index in [4.69, 9.17) is 4.74 Å². The zero-order chi connectivity index (χ0) is 16.5. The first-order valence-electron chi connectivity index (χ1n) is 8.88. The molecule has 1 aromatic rings. The zero-order valence-corrected chi connectivity index (χ0v) is 13.9. The van der Waals surface area contributed by atoms with Gasteiger partial charge in [-0.3, -0.25) is 9.69 Å². The molecule has 1 unspecified atom stereocenters. The lowest BCUT2D eigenvalue weighted by Crippen LogP contribution is -2.49. The first-order chi connectivity index (χ1) is 11.6. The van der Waals surface area contributed by atoms with Gasteiger partial charge in [0.05, 0.1) is 17.9 Å². The molecule has 24 heavy (non-hydrogen) atoms. The molecule has 0 aromatic heterocycles. The molecular formula is C19H22N2O3. The standard InChI is InChI=1S/C19H22N2O3/c1-2-18-9-14(22)16-19(23,12-5-3-4-6-13(12)20-16)7-8-21(11-18)10-15-17(18)24-15/h3-6,15,17,23H,2,7-11H2,1H3/t15-,17-,18+,19-/m1/s1. The molecule has 4 aliphatic heterocycles. The van der Waals surface area contributed by atoms with Gasteiger partial charge in [0.15, 0.2) is 5.78 Å². The van der Waals surface area contributed by atoms with Gasteiger partial charge >= 0.3 is 0 Å². The van der Waals surface area contributed by atoms with Gasteiger partial charge in [-0.2, -0.15) is 0 Å². The predicted molar refractivity (Wildman–Crippen MR) is 89.5 cm³/mol. The highest BCUT2D eigenvalue weighted by molar-refractivity contribution is 6.44. The SMILES string of the molecule is CC[C@@]12CC(=O)C3=Nc4ccccc4[C@]3(O)CCN(C[C@H]3O[C@H]31)C2. The van der Waals surface area contributed by atoms with Gasteiger partial charge in [-0.25, -0.2) is 4.99 Å². The third kappa shape index (κ3) is 1.86. The number of hydrogen-bond acceptors (Lipinski definition) is 5. The maximum atomic E-state index is 13.1. The molecular weight excluding hydrogens is 304 g/mol. The number of ketones is 1. The number of aliphatic imine (C=N–C) groups is 1. The van der Waals surface area contributed by atoms with Gasteiger partial charge in [-0.15, -0.1) is 0 Å². The van der Waals surface area contributed by atoms with Crippen molar-refractivity contribution in [1.29, 1.82) is 0 Å². The summed E-state index contributed by atoms with van der Waals surface area (Å²) in [7, 11) is 0. The average molecular weight is 326 g/mol. The summed E-state index contributed by atoms with van der Waals surface area (Å²) < 4.78 is 5.89. The van der Waals surface area contributed by atoms with Crippen LogP contribution in [0.1, 0.15) is 31.7 Å². The van der Waals surface area contributed by atoms with Gasteiger partial charge < -0.3 is 9.84 Å². The summed E-state index contributed by atoms with van der Waals surface area (Å²) in [5.41, 5.74) is 0.462. The van der Waals surface area contributed by atoms with Crippen LogP contribution in [0.2, 0.25) is 0 Å². The van der Waals surface area contributed by atoms with Crippen molar-refractivity contribution in [3.05, 3.63) is 29.8 Å². The van der Waals surface area contributed by atoms with Crippen molar-refractivity contribution in [2.24, 2.45) is 10.4 Å². The largest absolute Gasteiger partial charge is 0.378 e. The molecule has 4 aliphatic rings. The highest BCUT2D eigenvalue weighted by Gasteiger charge is 2.60. The average Bonchev–Trinajstić information content (AvgIpc) is 3.31. The zero-order valence-electron chi connectivity index (χ0n) is 13.9. The molecule has 1 N–H and O–H groups in total. The lowest BCUT2D eigenvalue weighted by atomic mass is 9.72. The fourth-order valence-corrected chi connectivity index (χ4v) is 4.97. The smallest absolute Gasteiger partial charge is 0.181 e. The number of aliphatic hydroxyl groups is 1. The Morgan fingerprint density at radius 2 is 2.25 bits per heavy atom. The van der Waals surface area contributed by atoms with Crippen LogP contribution < -0.4 is 0 Å². The van der Waals surface area contributed by atoms with E-state index in [0.717, 1.165) is 37.3 Å². The molecule has 0 aliphatic carbocycles. The Labute approximate surface area is 141 Å². The van der Waals surface area contributed by atoms with E-state index in [1.54, 1.807) is 0 Å². The van der Waals surface area contributed by atoms with Crippen LogP contribution in [0.5, 0.6) is 0 Å². The summed E-state index contributed by atoms with van der Waals surface area (Å²) in [6, 6.07) is 7.58. The second-order valence-corrected chi connectivity index (χ2v) is 7.73. The number of epoxide rings is 1. The number of benzene rings is 1. The van der Waals surface area contributed by atoms with Crippen molar-refractivity contribution in [2.75, 3.05) is 19.6 Å². The number of rotatable bonds is 1. The molecule has 0 radical (unpaired) electrons. The molecule has 0 spiro atoms. The third-order valence-electron chi connectivity index (χ3n) is 6.41. The maximum absolute atomic E-state index is 13.1. The van der Waals surface area contributed by atoms with Gasteiger partial charge in [0.2, 0.25) is 0 Å². The maximum Gasteiger partial charge on any atom is 0.181 e. The number of nitrogens with zero attached hydrogens (tertiary/aromatic N) is 2. The van der Waals surface area contributed by atoms with Crippen molar-refractivity contribution >= 4 is 17.2 Å². The molecule has 4 heterocycles. The summed E-state index contributed by atoms with van der Waals surface area (Å²) in [6.07, 6.45) is 2.28. The van der Waals surface area contributed by atoms with Crippen LogP contribution in [-0.2, 0) is 15.1 Å². The molecule has 126 valence electrons. The van der Waals surface area contributed by atoms with E-state index in [-0.39, 0.29) is 23.4 Å². The van der Waals surface area contributed by atoms with Gasteiger partial charge in [-0.1, -0.05) is 25.1 Å². The summed E-state index contributed by atoms with van der Waals surface area (Å²) in [5, 5.41) is 11.4. The van der Waals surface area contributed by atoms with E-state index < -0.39 is 5.60 Å². The van der Waals surface area contributed by atoms with Crippen molar-refractivity contribution in [2.45, 2.75) is 44.0 Å². The molecule has 5 rings (SSSR count).